The standard InChI is InChI=1S/C73H72BN3O/c1-69(2,3)45-23-31-49(32-24-45)75(50-33-25-46(26-34-50)70(4,5)6)53-39-40-60-62(41-53)76(51-35-27-47(28-36-51)71(7,8)9)63-43-57-54-19-15-17-21-59(54)73(13,14)67(57)66-58-42-56-55-20-16-18-22-64(55)78-65(56)44-61(58)77(74(60)68(63)66)52-37-29-48(30-38-52)72(10,11)12/h15-44H,1-14H3. The van der Waals surface area contributed by atoms with E-state index in [0.29, 0.717) is 0 Å². The Labute approximate surface area is 463 Å². The predicted octanol–water partition coefficient (Wildman–Crippen LogP) is 19.3. The number of anilines is 8. The van der Waals surface area contributed by atoms with E-state index < -0.39 is 0 Å². The smallest absolute Gasteiger partial charge is 0.333 e. The summed E-state index contributed by atoms with van der Waals surface area (Å²) >= 11 is 0. The van der Waals surface area contributed by atoms with E-state index in [4.69, 9.17) is 4.42 Å². The van der Waals surface area contributed by atoms with Gasteiger partial charge in [-0.2, -0.15) is 0 Å². The third-order valence-corrected chi connectivity index (χ3v) is 17.5. The maximum Gasteiger partial charge on any atom is 0.333 e. The van der Waals surface area contributed by atoms with Crippen molar-refractivity contribution in [2.75, 3.05) is 14.6 Å². The normalized spacial score (nSPS) is 14.6. The highest BCUT2D eigenvalue weighted by atomic mass is 16.3. The molecule has 0 amide bonds. The lowest BCUT2D eigenvalue weighted by molar-refractivity contribution is 0.590. The molecule has 4 nitrogen and oxygen atoms in total. The van der Waals surface area contributed by atoms with Crippen LogP contribution in [0.4, 0.5) is 45.5 Å². The third-order valence-electron chi connectivity index (χ3n) is 17.5. The minimum atomic E-state index is -0.295. The highest BCUT2D eigenvalue weighted by Crippen LogP contribution is 2.58. The highest BCUT2D eigenvalue weighted by molar-refractivity contribution is 6.93. The zero-order valence-electron chi connectivity index (χ0n) is 48.1. The van der Waals surface area contributed by atoms with Gasteiger partial charge in [0.25, 0.3) is 0 Å². The molecule has 2 aliphatic heterocycles. The van der Waals surface area contributed by atoms with E-state index in [-0.39, 0.29) is 33.9 Å². The van der Waals surface area contributed by atoms with Crippen LogP contribution in [0.25, 0.3) is 44.2 Å². The van der Waals surface area contributed by atoms with Gasteiger partial charge in [-0.05, 0) is 162 Å². The number of benzene rings is 9. The Morgan fingerprint density at radius 3 is 1.51 bits per heavy atom. The van der Waals surface area contributed by atoms with Crippen molar-refractivity contribution in [3.63, 3.8) is 0 Å². The molecule has 1 aliphatic carbocycles. The Morgan fingerprint density at radius 1 is 0.423 bits per heavy atom. The fourth-order valence-corrected chi connectivity index (χ4v) is 13.1. The first-order valence-electron chi connectivity index (χ1n) is 28.2. The molecule has 0 saturated heterocycles. The van der Waals surface area contributed by atoms with Crippen molar-refractivity contribution in [2.45, 2.75) is 124 Å². The molecular formula is C73H72BN3O. The molecule has 9 aromatic carbocycles. The first-order valence-corrected chi connectivity index (χ1v) is 28.2. The average molecular weight is 1020 g/mol. The van der Waals surface area contributed by atoms with Crippen molar-refractivity contribution in [1.29, 1.82) is 0 Å². The number of hydrogen-bond acceptors (Lipinski definition) is 4. The Hall–Kier alpha value is -7.76. The summed E-state index contributed by atoms with van der Waals surface area (Å²) in [5, 5.41) is 2.26. The van der Waals surface area contributed by atoms with E-state index in [9.17, 15) is 0 Å². The van der Waals surface area contributed by atoms with Crippen LogP contribution in [-0.2, 0) is 27.1 Å². The molecule has 78 heavy (non-hydrogen) atoms. The fraction of sp³-hybridized carbons (Fsp3) is 0.260. The molecule has 0 spiro atoms. The minimum Gasteiger partial charge on any atom is -0.456 e. The first kappa shape index (κ1) is 49.8. The molecule has 388 valence electrons. The molecule has 13 rings (SSSR count). The van der Waals surface area contributed by atoms with Crippen molar-refractivity contribution >= 4 is 85.2 Å². The number of furan rings is 1. The monoisotopic (exact) mass is 1020 g/mol. The molecule has 0 unspecified atom stereocenters. The second-order valence-corrected chi connectivity index (χ2v) is 27.1. The Bertz CT molecular complexity index is 3960. The molecule has 0 saturated carbocycles. The van der Waals surface area contributed by atoms with E-state index in [1.54, 1.807) is 0 Å². The van der Waals surface area contributed by atoms with E-state index in [1.807, 2.05) is 0 Å². The van der Waals surface area contributed by atoms with Gasteiger partial charge in [0.2, 0.25) is 0 Å². The van der Waals surface area contributed by atoms with Crippen molar-refractivity contribution in [3.05, 3.63) is 215 Å². The molecule has 3 aliphatic rings. The molecule has 0 N–H and O–H groups in total. The van der Waals surface area contributed by atoms with Gasteiger partial charge in [-0.25, -0.2) is 0 Å². The van der Waals surface area contributed by atoms with Crippen LogP contribution in [0.5, 0.6) is 0 Å². The van der Waals surface area contributed by atoms with Crippen LogP contribution in [-0.4, -0.2) is 6.85 Å². The molecule has 0 bridgehead atoms. The van der Waals surface area contributed by atoms with Crippen molar-refractivity contribution < 1.29 is 4.42 Å². The van der Waals surface area contributed by atoms with Crippen LogP contribution >= 0.6 is 0 Å². The van der Waals surface area contributed by atoms with Crippen LogP contribution in [0.1, 0.15) is 130 Å². The molecule has 0 radical (unpaired) electrons. The van der Waals surface area contributed by atoms with Crippen LogP contribution in [0.3, 0.4) is 0 Å². The zero-order valence-corrected chi connectivity index (χ0v) is 48.1. The maximum atomic E-state index is 6.86. The van der Waals surface area contributed by atoms with E-state index >= 15 is 0 Å². The summed E-state index contributed by atoms with van der Waals surface area (Å²) in [6.45, 7) is 32.3. The van der Waals surface area contributed by atoms with Crippen LogP contribution < -0.4 is 25.5 Å². The third kappa shape index (κ3) is 7.77. The van der Waals surface area contributed by atoms with E-state index in [1.165, 1.54) is 72.2 Å². The van der Waals surface area contributed by atoms with Gasteiger partial charge >= 0.3 is 6.85 Å². The Balaban J connectivity index is 1.15. The zero-order chi connectivity index (χ0) is 54.6. The summed E-state index contributed by atoms with van der Waals surface area (Å²) in [7, 11) is 0. The molecule has 5 heteroatoms. The summed E-state index contributed by atoms with van der Waals surface area (Å²) in [6.07, 6.45) is 0. The van der Waals surface area contributed by atoms with E-state index in [2.05, 4.69) is 294 Å². The lowest BCUT2D eigenvalue weighted by Crippen LogP contribution is -2.62. The minimum absolute atomic E-state index is 0.0113. The highest BCUT2D eigenvalue weighted by Gasteiger charge is 2.50. The molecule has 0 fully saturated rings. The number of para-hydroxylation sites is 1. The van der Waals surface area contributed by atoms with Crippen LogP contribution in [0.15, 0.2) is 186 Å². The lowest BCUT2D eigenvalue weighted by atomic mass is 9.42. The van der Waals surface area contributed by atoms with Gasteiger partial charge in [-0.3, -0.25) is 0 Å². The number of hydrogen-bond donors (Lipinski definition) is 0. The Kier molecular flexibility index (Phi) is 10.9. The summed E-state index contributed by atoms with van der Waals surface area (Å²) < 4.78 is 6.86. The van der Waals surface area contributed by atoms with E-state index in [0.717, 1.165) is 61.8 Å². The topological polar surface area (TPSA) is 22.9 Å². The maximum absolute atomic E-state index is 6.86. The van der Waals surface area contributed by atoms with Crippen LogP contribution in [0, 0.1) is 0 Å². The summed E-state index contributed by atoms with van der Waals surface area (Å²) in [5.41, 5.74) is 26.3. The van der Waals surface area contributed by atoms with Crippen molar-refractivity contribution in [1.82, 2.24) is 0 Å². The molecule has 1 aromatic heterocycles. The second kappa shape index (κ2) is 17.1. The molecule has 0 atom stereocenters. The summed E-state index contributed by atoms with van der Waals surface area (Å²) in [5.74, 6) is 0. The van der Waals surface area contributed by atoms with Gasteiger partial charge in [-0.15, -0.1) is 0 Å². The van der Waals surface area contributed by atoms with Crippen molar-refractivity contribution in [2.24, 2.45) is 0 Å². The average Bonchev–Trinajstić information content (AvgIpc) is 3.53. The lowest BCUT2D eigenvalue weighted by Gasteiger charge is -2.47. The summed E-state index contributed by atoms with van der Waals surface area (Å²) in [6, 6.07) is 69.7. The van der Waals surface area contributed by atoms with Gasteiger partial charge in [-0.1, -0.05) is 194 Å². The number of nitrogens with zero attached hydrogens (tertiary/aromatic N) is 3. The van der Waals surface area contributed by atoms with Crippen LogP contribution in [0.2, 0.25) is 0 Å². The number of fused-ring (bicyclic) bond motifs is 11. The van der Waals surface area contributed by atoms with Gasteiger partial charge in [0.05, 0.1) is 0 Å². The van der Waals surface area contributed by atoms with Gasteiger partial charge in [0, 0.05) is 73.3 Å². The Morgan fingerprint density at radius 2 is 0.936 bits per heavy atom. The quantitative estimate of drug-likeness (QED) is 0.160. The SMILES string of the molecule is CC(C)(C)c1ccc(N2B3c4ccc(N(c5ccc(C(C)(C)C)cc5)c5ccc(C(C)(C)C)cc5)cc4N(c4ccc(C(C)(C)C)cc4)c4cc5c(c(c43)-c3cc4c(cc32)oc2ccccc24)C(C)(C)c2ccccc2-5)cc1. The van der Waals surface area contributed by atoms with Gasteiger partial charge in [0.15, 0.2) is 0 Å². The second-order valence-electron chi connectivity index (χ2n) is 27.1. The molecular weight excluding hydrogens is 946 g/mol. The summed E-state index contributed by atoms with van der Waals surface area (Å²) in [4.78, 5) is 7.71. The number of rotatable bonds is 5. The van der Waals surface area contributed by atoms with Gasteiger partial charge in [0.1, 0.15) is 11.2 Å². The molecule has 10 aromatic rings. The predicted molar refractivity (Wildman–Crippen MR) is 334 cm³/mol. The fourth-order valence-electron chi connectivity index (χ4n) is 13.1. The van der Waals surface area contributed by atoms with Crippen molar-refractivity contribution in [3.8, 4) is 22.3 Å². The first-order chi connectivity index (χ1) is 37.0. The van der Waals surface area contributed by atoms with Gasteiger partial charge < -0.3 is 19.0 Å². The molecule has 3 heterocycles. The largest absolute Gasteiger partial charge is 0.456 e.